The Morgan fingerprint density at radius 2 is 1.89 bits per heavy atom. The summed E-state index contributed by atoms with van der Waals surface area (Å²) in [6, 6.07) is 12.4. The molecule has 0 atom stereocenters. The normalized spacial score (nSPS) is 10.3. The average Bonchev–Trinajstić information content (AvgIpc) is 2.40. The van der Waals surface area contributed by atoms with E-state index < -0.39 is 0 Å². The Kier molecular flexibility index (Phi) is 3.90. The third-order valence-electron chi connectivity index (χ3n) is 2.86. The smallest absolute Gasteiger partial charge is 0.167 e. The van der Waals surface area contributed by atoms with Gasteiger partial charge in [0.25, 0.3) is 0 Å². The molecular weight excluding hydrogens is 243 g/mol. The largest absolute Gasteiger partial charge is 0.491 e. The van der Waals surface area contributed by atoms with Gasteiger partial charge in [0.15, 0.2) is 11.6 Å². The lowest BCUT2D eigenvalue weighted by Crippen LogP contribution is -2.10. The highest BCUT2D eigenvalue weighted by Gasteiger charge is 2.09. The highest BCUT2D eigenvalue weighted by Crippen LogP contribution is 2.28. The first-order chi connectivity index (χ1) is 9.11. The Morgan fingerprint density at radius 3 is 2.53 bits per heavy atom. The molecule has 2 aromatic carbocycles. The molecule has 4 heteroatoms. The number of ether oxygens (including phenoxy) is 1. The molecule has 0 aliphatic heterocycles. The highest BCUT2D eigenvalue weighted by atomic mass is 19.1. The zero-order chi connectivity index (χ0) is 13.8. The second kappa shape index (κ2) is 5.61. The van der Waals surface area contributed by atoms with Gasteiger partial charge in [-0.15, -0.1) is 0 Å². The van der Waals surface area contributed by atoms with E-state index in [1.165, 1.54) is 6.07 Å². The van der Waals surface area contributed by atoms with Gasteiger partial charge in [-0.25, -0.2) is 4.39 Å². The summed E-state index contributed by atoms with van der Waals surface area (Å²) in [5.41, 5.74) is 8.07. The van der Waals surface area contributed by atoms with Crippen molar-refractivity contribution in [1.29, 1.82) is 0 Å². The lowest BCUT2D eigenvalue weighted by atomic mass is 10.2. The van der Waals surface area contributed by atoms with E-state index in [1.54, 1.807) is 6.07 Å². The maximum Gasteiger partial charge on any atom is 0.167 e. The molecule has 0 amide bonds. The number of hydrogen-bond donors (Lipinski definition) is 1. The maximum atomic E-state index is 13.8. The van der Waals surface area contributed by atoms with Crippen LogP contribution in [0.1, 0.15) is 6.92 Å². The monoisotopic (exact) mass is 260 g/mol. The maximum absolute atomic E-state index is 13.8. The number of anilines is 3. The predicted octanol–water partition coefficient (Wildman–Crippen LogP) is 3.57. The first kappa shape index (κ1) is 13.2. The minimum atomic E-state index is -0.366. The van der Waals surface area contributed by atoms with Crippen molar-refractivity contribution in [3.8, 4) is 5.75 Å². The Balaban J connectivity index is 2.29. The summed E-state index contributed by atoms with van der Waals surface area (Å²) in [4.78, 5) is 1.87. The second-order valence-electron chi connectivity index (χ2n) is 4.20. The van der Waals surface area contributed by atoms with E-state index in [-0.39, 0.29) is 11.6 Å². The van der Waals surface area contributed by atoms with E-state index in [1.807, 2.05) is 49.2 Å². The summed E-state index contributed by atoms with van der Waals surface area (Å²) < 4.78 is 19.0. The summed E-state index contributed by atoms with van der Waals surface area (Å²) in [6.45, 7) is 2.27. The van der Waals surface area contributed by atoms with Crippen LogP contribution in [-0.4, -0.2) is 13.7 Å². The van der Waals surface area contributed by atoms with Crippen molar-refractivity contribution in [3.05, 3.63) is 48.3 Å². The summed E-state index contributed by atoms with van der Waals surface area (Å²) in [7, 11) is 1.86. The van der Waals surface area contributed by atoms with E-state index >= 15 is 0 Å². The van der Waals surface area contributed by atoms with Gasteiger partial charge >= 0.3 is 0 Å². The molecule has 0 saturated heterocycles. The van der Waals surface area contributed by atoms with Crippen LogP contribution in [0.3, 0.4) is 0 Å². The summed E-state index contributed by atoms with van der Waals surface area (Å²) in [6.07, 6.45) is 0. The minimum Gasteiger partial charge on any atom is -0.491 e. The molecule has 100 valence electrons. The van der Waals surface area contributed by atoms with Crippen LogP contribution in [-0.2, 0) is 0 Å². The number of benzene rings is 2. The van der Waals surface area contributed by atoms with Crippen LogP contribution < -0.4 is 15.4 Å². The molecule has 0 aromatic heterocycles. The number of hydrogen-bond acceptors (Lipinski definition) is 3. The topological polar surface area (TPSA) is 38.5 Å². The van der Waals surface area contributed by atoms with Crippen LogP contribution in [0.5, 0.6) is 5.75 Å². The van der Waals surface area contributed by atoms with Crippen LogP contribution in [0.25, 0.3) is 0 Å². The summed E-state index contributed by atoms with van der Waals surface area (Å²) >= 11 is 0. The molecule has 0 fully saturated rings. The first-order valence-electron chi connectivity index (χ1n) is 6.13. The fourth-order valence-corrected chi connectivity index (χ4v) is 1.85. The third-order valence-corrected chi connectivity index (χ3v) is 2.86. The molecule has 2 aromatic rings. The van der Waals surface area contributed by atoms with Crippen LogP contribution in [0.4, 0.5) is 21.5 Å². The molecule has 0 unspecified atom stereocenters. The highest BCUT2D eigenvalue weighted by molar-refractivity contribution is 5.66. The van der Waals surface area contributed by atoms with Gasteiger partial charge in [-0.1, -0.05) is 6.07 Å². The molecule has 19 heavy (non-hydrogen) atoms. The SMILES string of the molecule is CCOc1ccc(N(C)c2cccc(N)c2)cc1F. The fourth-order valence-electron chi connectivity index (χ4n) is 1.85. The molecule has 2 N–H and O–H groups in total. The van der Waals surface area contributed by atoms with Gasteiger partial charge in [0, 0.05) is 30.2 Å². The zero-order valence-corrected chi connectivity index (χ0v) is 11.1. The number of nitrogen functional groups attached to an aromatic ring is 1. The standard InChI is InChI=1S/C15H17FN2O/c1-3-19-15-8-7-13(10-14(15)16)18(2)12-6-4-5-11(17)9-12/h4-10H,3,17H2,1-2H3. The Labute approximate surface area is 112 Å². The van der Waals surface area contributed by atoms with Crippen LogP contribution in [0.15, 0.2) is 42.5 Å². The summed E-state index contributed by atoms with van der Waals surface area (Å²) in [5, 5.41) is 0. The molecule has 0 spiro atoms. The van der Waals surface area contributed by atoms with Crippen molar-refractivity contribution in [2.45, 2.75) is 6.92 Å². The molecule has 0 bridgehead atoms. The van der Waals surface area contributed by atoms with E-state index in [2.05, 4.69) is 0 Å². The van der Waals surface area contributed by atoms with Gasteiger partial charge in [0.1, 0.15) is 0 Å². The lowest BCUT2D eigenvalue weighted by Gasteiger charge is -2.20. The van der Waals surface area contributed by atoms with Gasteiger partial charge < -0.3 is 15.4 Å². The van der Waals surface area contributed by atoms with Gasteiger partial charge in [0.2, 0.25) is 0 Å². The second-order valence-corrected chi connectivity index (χ2v) is 4.20. The van der Waals surface area contributed by atoms with Crippen LogP contribution in [0.2, 0.25) is 0 Å². The molecule has 0 aliphatic rings. The van der Waals surface area contributed by atoms with Crippen molar-refractivity contribution >= 4 is 17.1 Å². The predicted molar refractivity (Wildman–Crippen MR) is 76.5 cm³/mol. The van der Waals surface area contributed by atoms with Crippen molar-refractivity contribution in [2.75, 3.05) is 24.3 Å². The third kappa shape index (κ3) is 2.96. The van der Waals surface area contributed by atoms with Crippen molar-refractivity contribution in [1.82, 2.24) is 0 Å². The number of rotatable bonds is 4. The van der Waals surface area contributed by atoms with E-state index in [4.69, 9.17) is 10.5 Å². The van der Waals surface area contributed by atoms with E-state index in [0.29, 0.717) is 12.3 Å². The van der Waals surface area contributed by atoms with Crippen molar-refractivity contribution < 1.29 is 9.13 Å². The molecule has 0 radical (unpaired) electrons. The van der Waals surface area contributed by atoms with Gasteiger partial charge in [-0.3, -0.25) is 0 Å². The molecule has 0 saturated carbocycles. The fraction of sp³-hybridized carbons (Fsp3) is 0.200. The summed E-state index contributed by atoms with van der Waals surface area (Å²) in [5.74, 6) is -0.0951. The van der Waals surface area contributed by atoms with E-state index in [9.17, 15) is 4.39 Å². The minimum absolute atomic E-state index is 0.271. The van der Waals surface area contributed by atoms with Crippen LogP contribution in [0, 0.1) is 5.82 Å². The number of nitrogens with zero attached hydrogens (tertiary/aromatic N) is 1. The van der Waals surface area contributed by atoms with Crippen molar-refractivity contribution in [2.24, 2.45) is 0 Å². The van der Waals surface area contributed by atoms with Gasteiger partial charge in [0.05, 0.1) is 6.61 Å². The Morgan fingerprint density at radius 1 is 1.16 bits per heavy atom. The molecule has 3 nitrogen and oxygen atoms in total. The Hall–Kier alpha value is -2.23. The van der Waals surface area contributed by atoms with Gasteiger partial charge in [-0.2, -0.15) is 0 Å². The average molecular weight is 260 g/mol. The zero-order valence-electron chi connectivity index (χ0n) is 11.1. The van der Waals surface area contributed by atoms with Gasteiger partial charge in [-0.05, 0) is 37.3 Å². The van der Waals surface area contributed by atoms with Crippen LogP contribution >= 0.6 is 0 Å². The molecule has 2 rings (SSSR count). The Bertz CT molecular complexity index is 572. The molecule has 0 heterocycles. The molecule has 0 aliphatic carbocycles. The first-order valence-corrected chi connectivity index (χ1v) is 6.13. The molecular formula is C15H17FN2O. The van der Waals surface area contributed by atoms with Crippen molar-refractivity contribution in [3.63, 3.8) is 0 Å². The number of halogens is 1. The quantitative estimate of drug-likeness (QED) is 0.854. The lowest BCUT2D eigenvalue weighted by molar-refractivity contribution is 0.321. The number of nitrogens with two attached hydrogens (primary N) is 1. The van der Waals surface area contributed by atoms with E-state index in [0.717, 1.165) is 11.4 Å².